The van der Waals surface area contributed by atoms with Crippen LogP contribution in [0.3, 0.4) is 0 Å². The van der Waals surface area contributed by atoms with E-state index >= 15 is 0 Å². The van der Waals surface area contributed by atoms with E-state index in [1.807, 2.05) is 12.1 Å². The van der Waals surface area contributed by atoms with Gasteiger partial charge in [0, 0.05) is 37.5 Å². The Morgan fingerprint density at radius 3 is 2.03 bits per heavy atom. The SMILES string of the molecule is O=S(=O)(c1cccc2cccnc12)N1CCC(=NOC(c2ccc(F)cc2)c2ccc(F)cc2)CC1. The quantitative estimate of drug-likeness (QED) is 0.325. The Balaban J connectivity index is 1.33. The highest BCUT2D eigenvalue weighted by Crippen LogP contribution is 2.29. The van der Waals surface area contributed by atoms with Gasteiger partial charge in [0.1, 0.15) is 16.5 Å². The third kappa shape index (κ3) is 4.98. The molecule has 1 aliphatic heterocycles. The summed E-state index contributed by atoms with van der Waals surface area (Å²) in [5.74, 6) is -0.754. The number of para-hydroxylation sites is 1. The van der Waals surface area contributed by atoms with Crippen LogP contribution in [0, 0.1) is 11.6 Å². The summed E-state index contributed by atoms with van der Waals surface area (Å²) in [5.41, 5.74) is 2.49. The molecule has 0 bridgehead atoms. The first-order chi connectivity index (χ1) is 17.4. The van der Waals surface area contributed by atoms with E-state index < -0.39 is 16.1 Å². The molecule has 9 heteroatoms. The van der Waals surface area contributed by atoms with Crippen molar-refractivity contribution in [3.63, 3.8) is 0 Å². The average Bonchev–Trinajstić information content (AvgIpc) is 2.90. The molecule has 184 valence electrons. The molecular formula is C27H23F2N3O3S. The molecule has 1 aromatic heterocycles. The molecule has 0 saturated carbocycles. The van der Waals surface area contributed by atoms with E-state index in [9.17, 15) is 17.2 Å². The Kier molecular flexibility index (Phi) is 6.75. The van der Waals surface area contributed by atoms with Crippen molar-refractivity contribution >= 4 is 26.6 Å². The number of benzene rings is 3. The fourth-order valence-corrected chi connectivity index (χ4v) is 5.82. The maximum atomic E-state index is 13.4. The van der Waals surface area contributed by atoms with Gasteiger partial charge in [0.2, 0.25) is 10.0 Å². The summed E-state index contributed by atoms with van der Waals surface area (Å²) >= 11 is 0. The van der Waals surface area contributed by atoms with Gasteiger partial charge in [0.15, 0.2) is 6.10 Å². The monoisotopic (exact) mass is 507 g/mol. The first kappa shape index (κ1) is 24.0. The summed E-state index contributed by atoms with van der Waals surface area (Å²) < 4.78 is 55.0. The van der Waals surface area contributed by atoms with E-state index in [4.69, 9.17) is 4.84 Å². The zero-order valence-electron chi connectivity index (χ0n) is 19.2. The van der Waals surface area contributed by atoms with Gasteiger partial charge in [-0.3, -0.25) is 4.98 Å². The Hall–Kier alpha value is -3.69. The number of piperidine rings is 1. The van der Waals surface area contributed by atoms with Gasteiger partial charge >= 0.3 is 0 Å². The summed E-state index contributed by atoms with van der Waals surface area (Å²) in [4.78, 5) is 10.3. The fourth-order valence-electron chi connectivity index (χ4n) is 4.22. The van der Waals surface area contributed by atoms with E-state index in [0.29, 0.717) is 35.2 Å². The number of fused-ring (bicyclic) bond motifs is 1. The minimum absolute atomic E-state index is 0.185. The van der Waals surface area contributed by atoms with Crippen molar-refractivity contribution in [2.45, 2.75) is 23.8 Å². The number of oxime groups is 1. The van der Waals surface area contributed by atoms with Gasteiger partial charge in [-0.1, -0.05) is 47.6 Å². The smallest absolute Gasteiger partial charge is 0.245 e. The highest BCUT2D eigenvalue weighted by Gasteiger charge is 2.30. The minimum Gasteiger partial charge on any atom is -0.383 e. The first-order valence-corrected chi connectivity index (χ1v) is 12.9. The Labute approximate surface area is 207 Å². The number of nitrogens with zero attached hydrogens (tertiary/aromatic N) is 3. The second-order valence-corrected chi connectivity index (χ2v) is 10.4. The van der Waals surface area contributed by atoms with Crippen LogP contribution in [0.5, 0.6) is 0 Å². The molecule has 0 unspecified atom stereocenters. The van der Waals surface area contributed by atoms with Gasteiger partial charge in [0.05, 0.1) is 11.2 Å². The lowest BCUT2D eigenvalue weighted by molar-refractivity contribution is 0.0855. The number of pyridine rings is 1. The van der Waals surface area contributed by atoms with E-state index in [1.54, 1.807) is 48.7 Å². The Morgan fingerprint density at radius 1 is 0.833 bits per heavy atom. The second-order valence-electron chi connectivity index (χ2n) is 8.48. The van der Waals surface area contributed by atoms with Crippen LogP contribution in [0.4, 0.5) is 8.78 Å². The van der Waals surface area contributed by atoms with Crippen molar-refractivity contribution in [1.29, 1.82) is 0 Å². The Bertz CT molecular complexity index is 1450. The maximum Gasteiger partial charge on any atom is 0.245 e. The standard InChI is InChI=1S/C27H23F2N3O3S/c28-22-10-6-20(7-11-22)27(21-8-12-23(29)13-9-21)35-31-24-14-17-32(18-15-24)36(33,34)25-5-1-3-19-4-2-16-30-26(19)25/h1-13,16,27H,14-15,17-18H2. The van der Waals surface area contributed by atoms with Crippen molar-refractivity contribution in [3.8, 4) is 0 Å². The van der Waals surface area contributed by atoms with Crippen LogP contribution in [0.15, 0.2) is 95.1 Å². The molecule has 2 heterocycles. The van der Waals surface area contributed by atoms with Crippen LogP contribution in [0.1, 0.15) is 30.1 Å². The molecule has 3 aromatic carbocycles. The normalized spacial score (nSPS) is 14.8. The van der Waals surface area contributed by atoms with Crippen LogP contribution in [-0.2, 0) is 14.9 Å². The van der Waals surface area contributed by atoms with Gasteiger partial charge in [-0.15, -0.1) is 0 Å². The minimum atomic E-state index is -3.73. The molecule has 6 nitrogen and oxygen atoms in total. The number of halogens is 2. The number of rotatable bonds is 6. The van der Waals surface area contributed by atoms with Gasteiger partial charge in [-0.2, -0.15) is 4.31 Å². The third-order valence-corrected chi connectivity index (χ3v) is 8.08. The predicted octanol–water partition coefficient (Wildman–Crippen LogP) is 5.46. The van der Waals surface area contributed by atoms with Crippen LogP contribution in [-0.4, -0.2) is 36.5 Å². The van der Waals surface area contributed by atoms with Crippen molar-refractivity contribution < 1.29 is 22.0 Å². The first-order valence-electron chi connectivity index (χ1n) is 11.5. The predicted molar refractivity (Wildman–Crippen MR) is 133 cm³/mol. The van der Waals surface area contributed by atoms with Gasteiger partial charge < -0.3 is 4.84 Å². The van der Waals surface area contributed by atoms with E-state index in [1.165, 1.54) is 28.6 Å². The molecule has 36 heavy (non-hydrogen) atoms. The molecule has 5 rings (SSSR count). The molecule has 0 N–H and O–H groups in total. The molecular weight excluding hydrogens is 484 g/mol. The Morgan fingerprint density at radius 2 is 1.42 bits per heavy atom. The number of aromatic nitrogens is 1. The van der Waals surface area contributed by atoms with Crippen LogP contribution in [0.25, 0.3) is 10.9 Å². The number of hydrogen-bond donors (Lipinski definition) is 0. The van der Waals surface area contributed by atoms with Gasteiger partial charge in [0.25, 0.3) is 0 Å². The van der Waals surface area contributed by atoms with Gasteiger partial charge in [-0.05, 0) is 47.5 Å². The highest BCUT2D eigenvalue weighted by atomic mass is 32.2. The van der Waals surface area contributed by atoms with E-state index in [0.717, 1.165) is 5.39 Å². The number of hydrogen-bond acceptors (Lipinski definition) is 5. The lowest BCUT2D eigenvalue weighted by Gasteiger charge is -2.27. The van der Waals surface area contributed by atoms with Crippen molar-refractivity contribution in [2.75, 3.05) is 13.1 Å². The van der Waals surface area contributed by atoms with Gasteiger partial charge in [-0.25, -0.2) is 17.2 Å². The topological polar surface area (TPSA) is 71.9 Å². The average molecular weight is 508 g/mol. The molecule has 1 saturated heterocycles. The summed E-state index contributed by atoms with van der Waals surface area (Å²) in [5, 5.41) is 5.08. The summed E-state index contributed by atoms with van der Waals surface area (Å²) in [6.07, 6.45) is 1.72. The molecule has 1 aliphatic rings. The molecule has 0 atom stereocenters. The zero-order valence-corrected chi connectivity index (χ0v) is 20.0. The zero-order chi connectivity index (χ0) is 25.1. The molecule has 0 radical (unpaired) electrons. The van der Waals surface area contributed by atoms with Crippen molar-refractivity contribution in [3.05, 3.63) is 108 Å². The fraction of sp³-hybridized carbons (Fsp3) is 0.185. The van der Waals surface area contributed by atoms with Crippen molar-refractivity contribution in [1.82, 2.24) is 9.29 Å². The summed E-state index contributed by atoms with van der Waals surface area (Å²) in [6.45, 7) is 0.511. The van der Waals surface area contributed by atoms with E-state index in [2.05, 4.69) is 10.1 Å². The highest BCUT2D eigenvalue weighted by molar-refractivity contribution is 7.89. The van der Waals surface area contributed by atoms with Crippen LogP contribution < -0.4 is 0 Å². The molecule has 0 amide bonds. The summed E-state index contributed by atoms with van der Waals surface area (Å²) in [6, 6.07) is 20.4. The van der Waals surface area contributed by atoms with Crippen LogP contribution in [0.2, 0.25) is 0 Å². The lowest BCUT2D eigenvalue weighted by atomic mass is 10.0. The molecule has 0 spiro atoms. The third-order valence-electron chi connectivity index (χ3n) is 6.15. The maximum absolute atomic E-state index is 13.4. The largest absolute Gasteiger partial charge is 0.383 e. The molecule has 1 fully saturated rings. The second kappa shape index (κ2) is 10.1. The number of sulfonamides is 1. The lowest BCUT2D eigenvalue weighted by Crippen LogP contribution is -2.38. The molecule has 4 aromatic rings. The van der Waals surface area contributed by atoms with Crippen molar-refractivity contribution in [2.24, 2.45) is 5.16 Å². The molecule has 0 aliphatic carbocycles. The van der Waals surface area contributed by atoms with E-state index in [-0.39, 0.29) is 29.6 Å². The van der Waals surface area contributed by atoms with Crippen LogP contribution >= 0.6 is 0 Å². The summed E-state index contributed by atoms with van der Waals surface area (Å²) in [7, 11) is -3.73.